The monoisotopic (exact) mass is 460 g/mol. The number of guanidine groups is 1. The molecular formula is C18H33IN6. The first-order chi connectivity index (χ1) is 11.7. The van der Waals surface area contributed by atoms with Gasteiger partial charge in [-0.05, 0) is 38.9 Å². The van der Waals surface area contributed by atoms with Crippen molar-refractivity contribution in [2.45, 2.75) is 39.3 Å². The lowest BCUT2D eigenvalue weighted by atomic mass is 10.2. The molecule has 2 rings (SSSR count). The molecule has 1 saturated heterocycles. The number of nitrogens with zero attached hydrogens (tertiary/aromatic N) is 4. The maximum absolute atomic E-state index is 4.75. The topological polar surface area (TPSA) is 55.8 Å². The molecule has 0 saturated carbocycles. The molecule has 1 aliphatic heterocycles. The first kappa shape index (κ1) is 22.0. The molecule has 0 spiro atoms. The lowest BCUT2D eigenvalue weighted by molar-refractivity contribution is 0.267. The molecule has 1 fully saturated rings. The van der Waals surface area contributed by atoms with Gasteiger partial charge < -0.3 is 15.5 Å². The predicted octanol–water partition coefficient (Wildman–Crippen LogP) is 2.31. The first-order valence-electron chi connectivity index (χ1n) is 9.03. The third-order valence-corrected chi connectivity index (χ3v) is 4.45. The summed E-state index contributed by atoms with van der Waals surface area (Å²) in [6.45, 7) is 9.12. The highest BCUT2D eigenvalue weighted by Crippen LogP contribution is 2.16. The SMILES string of the molecule is CCNC(=NCc1cccnc1N(C)C)NCC1CCCN1CC.I. The maximum atomic E-state index is 4.75. The molecule has 142 valence electrons. The van der Waals surface area contributed by atoms with Crippen LogP contribution in [-0.4, -0.2) is 62.2 Å². The minimum atomic E-state index is 0. The molecule has 2 heterocycles. The van der Waals surface area contributed by atoms with Crippen molar-refractivity contribution in [2.75, 3.05) is 45.2 Å². The molecule has 25 heavy (non-hydrogen) atoms. The number of anilines is 1. The minimum absolute atomic E-state index is 0. The summed E-state index contributed by atoms with van der Waals surface area (Å²) in [5.74, 6) is 1.86. The van der Waals surface area contributed by atoms with Crippen LogP contribution >= 0.6 is 24.0 Å². The molecule has 1 aromatic heterocycles. The molecule has 0 radical (unpaired) electrons. The van der Waals surface area contributed by atoms with Gasteiger partial charge in [-0.15, -0.1) is 24.0 Å². The van der Waals surface area contributed by atoms with Gasteiger partial charge in [-0.2, -0.15) is 0 Å². The van der Waals surface area contributed by atoms with Gasteiger partial charge in [0.15, 0.2) is 5.96 Å². The normalized spacial score (nSPS) is 17.9. The Hall–Kier alpha value is -1.09. The van der Waals surface area contributed by atoms with E-state index in [1.54, 1.807) is 0 Å². The number of likely N-dealkylation sites (N-methyl/N-ethyl adjacent to an activating group) is 1. The van der Waals surface area contributed by atoms with Gasteiger partial charge in [-0.1, -0.05) is 13.0 Å². The van der Waals surface area contributed by atoms with Crippen LogP contribution in [0.1, 0.15) is 32.3 Å². The number of likely N-dealkylation sites (tertiary alicyclic amines) is 1. The molecule has 0 bridgehead atoms. The van der Waals surface area contributed by atoms with Gasteiger partial charge in [0.25, 0.3) is 0 Å². The summed E-state index contributed by atoms with van der Waals surface area (Å²) < 4.78 is 0. The molecule has 0 aliphatic carbocycles. The Morgan fingerprint density at radius 1 is 1.36 bits per heavy atom. The van der Waals surface area contributed by atoms with Crippen molar-refractivity contribution in [1.82, 2.24) is 20.5 Å². The van der Waals surface area contributed by atoms with Gasteiger partial charge in [0.2, 0.25) is 0 Å². The summed E-state index contributed by atoms with van der Waals surface area (Å²) in [7, 11) is 4.02. The zero-order valence-corrected chi connectivity index (χ0v) is 18.3. The fraction of sp³-hybridized carbons (Fsp3) is 0.667. The lowest BCUT2D eigenvalue weighted by Gasteiger charge is -2.24. The Labute approximate surface area is 169 Å². The van der Waals surface area contributed by atoms with E-state index in [1.807, 2.05) is 31.3 Å². The average molecular weight is 460 g/mol. The molecule has 7 heteroatoms. The van der Waals surface area contributed by atoms with Crippen LogP contribution < -0.4 is 15.5 Å². The maximum Gasteiger partial charge on any atom is 0.191 e. The predicted molar refractivity (Wildman–Crippen MR) is 117 cm³/mol. The van der Waals surface area contributed by atoms with E-state index < -0.39 is 0 Å². The average Bonchev–Trinajstić information content (AvgIpc) is 3.05. The minimum Gasteiger partial charge on any atom is -0.362 e. The van der Waals surface area contributed by atoms with Gasteiger partial charge in [0, 0.05) is 45.0 Å². The van der Waals surface area contributed by atoms with Crippen molar-refractivity contribution in [3.8, 4) is 0 Å². The quantitative estimate of drug-likeness (QED) is 0.372. The van der Waals surface area contributed by atoms with Crippen molar-refractivity contribution < 1.29 is 0 Å². The van der Waals surface area contributed by atoms with Crippen molar-refractivity contribution in [2.24, 2.45) is 4.99 Å². The van der Waals surface area contributed by atoms with Crippen LogP contribution in [0.25, 0.3) is 0 Å². The van der Waals surface area contributed by atoms with Crippen LogP contribution in [0.2, 0.25) is 0 Å². The number of aliphatic imine (C=N–C) groups is 1. The van der Waals surface area contributed by atoms with E-state index in [0.29, 0.717) is 12.6 Å². The Balaban J connectivity index is 0.00000312. The van der Waals surface area contributed by atoms with Crippen LogP contribution in [0, 0.1) is 0 Å². The number of aromatic nitrogens is 1. The Bertz CT molecular complexity index is 534. The smallest absolute Gasteiger partial charge is 0.191 e. The third-order valence-electron chi connectivity index (χ3n) is 4.45. The summed E-state index contributed by atoms with van der Waals surface area (Å²) in [6, 6.07) is 4.68. The van der Waals surface area contributed by atoms with Gasteiger partial charge in [0.05, 0.1) is 6.54 Å². The van der Waals surface area contributed by atoms with Crippen LogP contribution in [0.4, 0.5) is 5.82 Å². The number of halogens is 1. The van der Waals surface area contributed by atoms with E-state index >= 15 is 0 Å². The van der Waals surface area contributed by atoms with E-state index in [1.165, 1.54) is 19.4 Å². The first-order valence-corrected chi connectivity index (χ1v) is 9.03. The number of hydrogen-bond donors (Lipinski definition) is 2. The molecule has 0 amide bonds. The van der Waals surface area contributed by atoms with E-state index in [2.05, 4.69) is 40.4 Å². The summed E-state index contributed by atoms with van der Waals surface area (Å²) in [6.07, 6.45) is 4.40. The van der Waals surface area contributed by atoms with E-state index in [0.717, 1.165) is 37.0 Å². The fourth-order valence-corrected chi connectivity index (χ4v) is 3.22. The van der Waals surface area contributed by atoms with Gasteiger partial charge in [-0.3, -0.25) is 4.90 Å². The molecule has 0 aromatic carbocycles. The summed E-state index contributed by atoms with van der Waals surface area (Å²) >= 11 is 0. The lowest BCUT2D eigenvalue weighted by Crippen LogP contribution is -2.44. The third kappa shape index (κ3) is 6.62. The van der Waals surface area contributed by atoms with Gasteiger partial charge >= 0.3 is 0 Å². The Morgan fingerprint density at radius 3 is 2.84 bits per heavy atom. The van der Waals surface area contributed by atoms with E-state index in [-0.39, 0.29) is 24.0 Å². The van der Waals surface area contributed by atoms with Crippen molar-refractivity contribution in [3.05, 3.63) is 23.9 Å². The molecule has 1 aliphatic rings. The zero-order valence-electron chi connectivity index (χ0n) is 16.0. The van der Waals surface area contributed by atoms with Crippen LogP contribution in [0.15, 0.2) is 23.3 Å². The summed E-state index contributed by atoms with van der Waals surface area (Å²) in [5.41, 5.74) is 1.13. The number of pyridine rings is 1. The van der Waals surface area contributed by atoms with Gasteiger partial charge in [-0.25, -0.2) is 9.98 Å². The van der Waals surface area contributed by atoms with E-state index in [4.69, 9.17) is 4.99 Å². The highest BCUT2D eigenvalue weighted by atomic mass is 127. The number of nitrogens with one attached hydrogen (secondary N) is 2. The molecule has 1 aromatic rings. The fourth-order valence-electron chi connectivity index (χ4n) is 3.22. The summed E-state index contributed by atoms with van der Waals surface area (Å²) in [4.78, 5) is 13.8. The van der Waals surface area contributed by atoms with E-state index in [9.17, 15) is 0 Å². The molecule has 6 nitrogen and oxygen atoms in total. The van der Waals surface area contributed by atoms with Crippen LogP contribution in [0.5, 0.6) is 0 Å². The standard InChI is InChI=1S/C18H32N6.HI/c1-5-19-18(22-14-16-10-8-12-24(16)6-2)21-13-15-9-7-11-20-17(15)23(3)4;/h7,9,11,16H,5-6,8,10,12-14H2,1-4H3,(H2,19,21,22);1H. The molecule has 2 N–H and O–H groups in total. The second kappa shape index (κ2) is 11.5. The van der Waals surface area contributed by atoms with Gasteiger partial charge in [0.1, 0.15) is 5.82 Å². The molecule has 1 unspecified atom stereocenters. The van der Waals surface area contributed by atoms with Crippen molar-refractivity contribution in [1.29, 1.82) is 0 Å². The zero-order chi connectivity index (χ0) is 17.4. The summed E-state index contributed by atoms with van der Waals surface area (Å²) in [5, 5.41) is 6.85. The highest BCUT2D eigenvalue weighted by molar-refractivity contribution is 14.0. The molecule has 1 atom stereocenters. The highest BCUT2D eigenvalue weighted by Gasteiger charge is 2.22. The largest absolute Gasteiger partial charge is 0.362 e. The second-order valence-electron chi connectivity index (χ2n) is 6.38. The number of hydrogen-bond acceptors (Lipinski definition) is 4. The van der Waals surface area contributed by atoms with Crippen LogP contribution in [-0.2, 0) is 6.54 Å². The Morgan fingerprint density at radius 2 is 2.16 bits per heavy atom. The molecular weight excluding hydrogens is 427 g/mol. The van der Waals surface area contributed by atoms with Crippen molar-refractivity contribution >= 4 is 35.8 Å². The Kier molecular flexibility index (Phi) is 10.1. The second-order valence-corrected chi connectivity index (χ2v) is 6.38. The van der Waals surface area contributed by atoms with Crippen molar-refractivity contribution in [3.63, 3.8) is 0 Å². The van der Waals surface area contributed by atoms with Crippen LogP contribution in [0.3, 0.4) is 0 Å². The number of rotatable bonds is 7.